The molecule has 36 heavy (non-hydrogen) atoms. The van der Waals surface area contributed by atoms with Crippen molar-refractivity contribution in [3.8, 4) is 5.75 Å². The van der Waals surface area contributed by atoms with Crippen molar-refractivity contribution < 1.29 is 27.5 Å². The Kier molecular flexibility index (Phi) is 7.63. The average Bonchev–Trinajstić information content (AvgIpc) is 3.45. The van der Waals surface area contributed by atoms with Gasteiger partial charge in [0.15, 0.2) is 0 Å². The van der Waals surface area contributed by atoms with Gasteiger partial charge in [-0.15, -0.1) is 0 Å². The van der Waals surface area contributed by atoms with Crippen LogP contribution in [-0.4, -0.2) is 61.1 Å². The first-order valence-electron chi connectivity index (χ1n) is 12.1. The van der Waals surface area contributed by atoms with E-state index in [1.807, 2.05) is 0 Å². The quantitative estimate of drug-likeness (QED) is 0.552. The number of nitrogens with one attached hydrogen (secondary N) is 1. The molecule has 1 atom stereocenters. The van der Waals surface area contributed by atoms with Crippen LogP contribution in [0.1, 0.15) is 54.9 Å². The lowest BCUT2D eigenvalue weighted by Gasteiger charge is -2.32. The average molecular weight is 514 g/mol. The van der Waals surface area contributed by atoms with Crippen LogP contribution in [0.15, 0.2) is 53.4 Å². The van der Waals surface area contributed by atoms with Gasteiger partial charge in [0.2, 0.25) is 11.8 Å². The zero-order chi connectivity index (χ0) is 25.9. The molecule has 2 aromatic rings. The Morgan fingerprint density at radius 3 is 2.53 bits per heavy atom. The smallest absolute Gasteiger partial charge is 0.269 e. The summed E-state index contributed by atoms with van der Waals surface area (Å²) in [6, 6.07) is 12.2. The standard InChI is InChI=1S/C26H31N3O6S/c1-3-22(25(31)27-19-10-4-5-11-19)28(16-18-9-8-12-20(15-18)35-2)24(30)17-29-26(32)21-13-6-7-14-23(21)36(29,33)34/h6-9,12-15,19,22H,3-5,10-11,16-17H2,1-2H3,(H,27,31). The molecule has 9 nitrogen and oxygen atoms in total. The number of methoxy groups -OCH3 is 1. The molecule has 0 spiro atoms. The number of carbonyl (C=O) groups is 3. The number of hydrogen-bond acceptors (Lipinski definition) is 6. The number of benzene rings is 2. The molecule has 4 rings (SSSR count). The van der Waals surface area contributed by atoms with E-state index >= 15 is 0 Å². The zero-order valence-corrected chi connectivity index (χ0v) is 21.3. The molecular weight excluding hydrogens is 482 g/mol. The molecule has 192 valence electrons. The predicted molar refractivity (Wildman–Crippen MR) is 133 cm³/mol. The Morgan fingerprint density at radius 1 is 1.14 bits per heavy atom. The number of nitrogens with zero attached hydrogens (tertiary/aromatic N) is 2. The monoisotopic (exact) mass is 513 g/mol. The van der Waals surface area contributed by atoms with Gasteiger partial charge in [0.25, 0.3) is 15.9 Å². The molecule has 3 amide bonds. The molecule has 1 saturated carbocycles. The lowest BCUT2D eigenvalue weighted by molar-refractivity contribution is -0.141. The van der Waals surface area contributed by atoms with E-state index in [4.69, 9.17) is 4.74 Å². The SMILES string of the molecule is CCC(C(=O)NC1CCCC1)N(Cc1cccc(OC)c1)C(=O)CN1C(=O)c2ccccc2S1(=O)=O. The van der Waals surface area contributed by atoms with E-state index in [1.165, 1.54) is 30.2 Å². The van der Waals surface area contributed by atoms with Crippen molar-refractivity contribution in [2.45, 2.75) is 62.6 Å². The molecule has 1 heterocycles. The minimum absolute atomic E-state index is 0.0377. The molecular formula is C26H31N3O6S. The first-order chi connectivity index (χ1) is 17.3. The Bertz CT molecular complexity index is 1260. The first-order valence-corrected chi connectivity index (χ1v) is 13.6. The maximum absolute atomic E-state index is 13.6. The fourth-order valence-electron chi connectivity index (χ4n) is 4.86. The molecule has 2 aliphatic rings. The van der Waals surface area contributed by atoms with E-state index in [-0.39, 0.29) is 29.0 Å². The summed E-state index contributed by atoms with van der Waals surface area (Å²) in [5.74, 6) is -1.06. The first kappa shape index (κ1) is 25.7. The van der Waals surface area contributed by atoms with Crippen LogP contribution in [0.25, 0.3) is 0 Å². The van der Waals surface area contributed by atoms with Crippen LogP contribution in [0, 0.1) is 0 Å². The van der Waals surface area contributed by atoms with Gasteiger partial charge in [-0.05, 0) is 49.1 Å². The van der Waals surface area contributed by atoms with Crippen molar-refractivity contribution in [2.75, 3.05) is 13.7 Å². The number of fused-ring (bicyclic) bond motifs is 1. The van der Waals surface area contributed by atoms with Crippen LogP contribution in [0.3, 0.4) is 0 Å². The molecule has 0 bridgehead atoms. The summed E-state index contributed by atoms with van der Waals surface area (Å²) in [6.45, 7) is 1.17. The Morgan fingerprint density at radius 2 is 1.86 bits per heavy atom. The fraction of sp³-hybridized carbons (Fsp3) is 0.423. The maximum atomic E-state index is 13.6. The van der Waals surface area contributed by atoms with Gasteiger partial charge in [-0.1, -0.05) is 44.0 Å². The third-order valence-corrected chi connectivity index (χ3v) is 8.55. The lowest BCUT2D eigenvalue weighted by atomic mass is 10.1. The fourth-order valence-corrected chi connectivity index (χ4v) is 6.37. The largest absolute Gasteiger partial charge is 0.497 e. The third kappa shape index (κ3) is 5.09. The Hall–Kier alpha value is -3.40. The number of amides is 3. The van der Waals surface area contributed by atoms with Gasteiger partial charge in [-0.25, -0.2) is 12.7 Å². The Balaban J connectivity index is 1.62. The molecule has 1 unspecified atom stereocenters. The van der Waals surface area contributed by atoms with Gasteiger partial charge < -0.3 is 15.0 Å². The molecule has 1 fully saturated rings. The van der Waals surface area contributed by atoms with E-state index < -0.39 is 34.4 Å². The van der Waals surface area contributed by atoms with E-state index in [1.54, 1.807) is 37.3 Å². The summed E-state index contributed by atoms with van der Waals surface area (Å²) in [5.41, 5.74) is 0.754. The van der Waals surface area contributed by atoms with Crippen LogP contribution in [0.5, 0.6) is 5.75 Å². The van der Waals surface area contributed by atoms with Crippen LogP contribution in [0.4, 0.5) is 0 Å². The van der Waals surface area contributed by atoms with Crippen molar-refractivity contribution >= 4 is 27.7 Å². The summed E-state index contributed by atoms with van der Waals surface area (Å²) in [4.78, 5) is 41.1. The van der Waals surface area contributed by atoms with Crippen molar-refractivity contribution in [3.63, 3.8) is 0 Å². The second-order valence-corrected chi connectivity index (χ2v) is 10.9. The predicted octanol–water partition coefficient (Wildman–Crippen LogP) is 2.71. The second-order valence-electron chi connectivity index (χ2n) is 9.10. The highest BCUT2D eigenvalue weighted by atomic mass is 32.2. The van der Waals surface area contributed by atoms with E-state index in [2.05, 4.69) is 5.32 Å². The van der Waals surface area contributed by atoms with Crippen molar-refractivity contribution in [3.05, 3.63) is 59.7 Å². The van der Waals surface area contributed by atoms with E-state index in [0.717, 1.165) is 25.7 Å². The van der Waals surface area contributed by atoms with Crippen molar-refractivity contribution in [1.29, 1.82) is 0 Å². The van der Waals surface area contributed by atoms with E-state index in [0.29, 0.717) is 22.0 Å². The number of ether oxygens (including phenoxy) is 1. The summed E-state index contributed by atoms with van der Waals surface area (Å²) >= 11 is 0. The molecule has 2 aromatic carbocycles. The molecule has 0 saturated heterocycles. The molecule has 0 aromatic heterocycles. The van der Waals surface area contributed by atoms with Gasteiger partial charge >= 0.3 is 0 Å². The van der Waals surface area contributed by atoms with Crippen molar-refractivity contribution in [1.82, 2.24) is 14.5 Å². The minimum Gasteiger partial charge on any atom is -0.497 e. The molecule has 1 N–H and O–H groups in total. The number of carbonyl (C=O) groups excluding carboxylic acids is 3. The van der Waals surface area contributed by atoms with Gasteiger partial charge in [0, 0.05) is 12.6 Å². The summed E-state index contributed by atoms with van der Waals surface area (Å²) in [5, 5.41) is 3.05. The van der Waals surface area contributed by atoms with Crippen LogP contribution in [-0.2, 0) is 26.2 Å². The summed E-state index contributed by atoms with van der Waals surface area (Å²) in [6.07, 6.45) is 4.21. The molecule has 1 aliphatic carbocycles. The van der Waals surface area contributed by atoms with Gasteiger partial charge in [-0.2, -0.15) is 0 Å². The molecule has 1 aliphatic heterocycles. The van der Waals surface area contributed by atoms with Gasteiger partial charge in [0.1, 0.15) is 23.2 Å². The van der Waals surface area contributed by atoms with Crippen LogP contribution < -0.4 is 10.1 Å². The molecule has 10 heteroatoms. The Labute approximate surface area is 211 Å². The number of sulfonamides is 1. The topological polar surface area (TPSA) is 113 Å². The van der Waals surface area contributed by atoms with Crippen LogP contribution >= 0.6 is 0 Å². The maximum Gasteiger partial charge on any atom is 0.269 e. The third-order valence-electron chi connectivity index (χ3n) is 6.77. The highest BCUT2D eigenvalue weighted by Crippen LogP contribution is 2.30. The lowest BCUT2D eigenvalue weighted by Crippen LogP contribution is -2.53. The number of hydrogen-bond donors (Lipinski definition) is 1. The van der Waals surface area contributed by atoms with Crippen LogP contribution in [0.2, 0.25) is 0 Å². The van der Waals surface area contributed by atoms with E-state index in [9.17, 15) is 22.8 Å². The molecule has 0 radical (unpaired) electrons. The van der Waals surface area contributed by atoms with Gasteiger partial charge in [0.05, 0.1) is 12.7 Å². The van der Waals surface area contributed by atoms with Crippen molar-refractivity contribution in [2.24, 2.45) is 0 Å². The number of rotatable bonds is 9. The van der Waals surface area contributed by atoms with Gasteiger partial charge in [-0.3, -0.25) is 14.4 Å². The summed E-state index contributed by atoms with van der Waals surface area (Å²) in [7, 11) is -2.63. The minimum atomic E-state index is -4.16. The normalized spacial score (nSPS) is 17.5. The summed E-state index contributed by atoms with van der Waals surface area (Å²) < 4.78 is 32.0. The zero-order valence-electron chi connectivity index (χ0n) is 20.5. The highest BCUT2D eigenvalue weighted by molar-refractivity contribution is 7.90. The second kappa shape index (κ2) is 10.7. The highest BCUT2D eigenvalue weighted by Gasteiger charge is 2.43.